The molecule has 16 nitrogen and oxygen atoms in total. The van der Waals surface area contributed by atoms with E-state index in [-0.39, 0.29) is 19.3 Å². The minimum absolute atomic E-state index is 0.133. The number of aromatic nitrogens is 1. The Morgan fingerprint density at radius 2 is 1.30 bits per heavy atom. The summed E-state index contributed by atoms with van der Waals surface area (Å²) in [5.74, 6) is -7.16. The van der Waals surface area contributed by atoms with Crippen molar-refractivity contribution in [3.63, 3.8) is 0 Å². The summed E-state index contributed by atoms with van der Waals surface area (Å²) >= 11 is 0. The van der Waals surface area contributed by atoms with E-state index in [2.05, 4.69) is 20.9 Å². The Balaban J connectivity index is 2.17. The van der Waals surface area contributed by atoms with E-state index in [9.17, 15) is 38.7 Å². The number of H-pyrrole nitrogens is 1. The van der Waals surface area contributed by atoms with Gasteiger partial charge in [0.1, 0.15) is 18.1 Å². The summed E-state index contributed by atoms with van der Waals surface area (Å²) in [5, 5.41) is 17.1. The number of amides is 6. The highest BCUT2D eigenvalue weighted by molar-refractivity contribution is 5.97. The smallest absolute Gasteiger partial charge is 0.326 e. The Labute approximate surface area is 227 Å². The second-order valence-corrected chi connectivity index (χ2v) is 9.04. The van der Waals surface area contributed by atoms with Crippen molar-refractivity contribution < 1.29 is 38.7 Å². The lowest BCUT2D eigenvalue weighted by Gasteiger charge is -2.24. The highest BCUT2D eigenvalue weighted by Gasteiger charge is 2.32. The number of hydrogen-bond donors (Lipinski definition) is 9. The predicted octanol–water partition coefficient (Wildman–Crippen LogP) is -3.41. The van der Waals surface area contributed by atoms with Crippen LogP contribution in [0.25, 0.3) is 10.9 Å². The van der Waals surface area contributed by atoms with E-state index in [1.807, 2.05) is 0 Å². The molecule has 4 unspecified atom stereocenters. The molecule has 1 aromatic carbocycles. The van der Waals surface area contributed by atoms with E-state index in [1.165, 1.54) is 0 Å². The number of primary amides is 3. The van der Waals surface area contributed by atoms with E-state index in [0.29, 0.717) is 5.56 Å². The summed E-state index contributed by atoms with van der Waals surface area (Å²) in [6.45, 7) is 0. The van der Waals surface area contributed by atoms with Gasteiger partial charge < -0.3 is 49.0 Å². The van der Waals surface area contributed by atoms with Gasteiger partial charge in [0.15, 0.2) is 0 Å². The van der Waals surface area contributed by atoms with Gasteiger partial charge in [-0.3, -0.25) is 28.8 Å². The average Bonchev–Trinajstić information content (AvgIpc) is 3.28. The van der Waals surface area contributed by atoms with Gasteiger partial charge in [0.05, 0.1) is 18.9 Å². The molecule has 0 spiro atoms. The Morgan fingerprint density at radius 1 is 0.775 bits per heavy atom. The van der Waals surface area contributed by atoms with Gasteiger partial charge in [0.2, 0.25) is 35.4 Å². The fourth-order valence-electron chi connectivity index (χ4n) is 3.79. The number of aromatic amines is 1. The van der Waals surface area contributed by atoms with Crippen molar-refractivity contribution in [1.29, 1.82) is 0 Å². The summed E-state index contributed by atoms with van der Waals surface area (Å²) in [7, 11) is 0. The van der Waals surface area contributed by atoms with Crippen LogP contribution in [-0.4, -0.2) is 75.7 Å². The maximum absolute atomic E-state index is 13.0. The number of aliphatic carboxylic acids is 1. The molecule has 13 N–H and O–H groups in total. The Bertz CT molecular complexity index is 1290. The van der Waals surface area contributed by atoms with Crippen molar-refractivity contribution in [3.8, 4) is 0 Å². The molecule has 0 bridgehead atoms. The zero-order valence-electron chi connectivity index (χ0n) is 21.3. The molecule has 216 valence electrons. The minimum atomic E-state index is -1.66. The first kappa shape index (κ1) is 31.2. The van der Waals surface area contributed by atoms with Gasteiger partial charge in [-0.15, -0.1) is 0 Å². The first-order valence-electron chi connectivity index (χ1n) is 12.1. The van der Waals surface area contributed by atoms with Crippen LogP contribution in [-0.2, 0) is 40.0 Å². The first-order chi connectivity index (χ1) is 18.8. The van der Waals surface area contributed by atoms with Crippen LogP contribution in [0.4, 0.5) is 0 Å². The molecule has 0 aliphatic rings. The quantitative estimate of drug-likeness (QED) is 0.0986. The Morgan fingerprint density at radius 3 is 1.82 bits per heavy atom. The Hall–Kier alpha value is -4.99. The van der Waals surface area contributed by atoms with E-state index < -0.39 is 78.4 Å². The van der Waals surface area contributed by atoms with Crippen LogP contribution in [0.5, 0.6) is 0 Å². The largest absolute Gasteiger partial charge is 0.480 e. The molecule has 2 aromatic rings. The monoisotopic (exact) mass is 560 g/mol. The second-order valence-electron chi connectivity index (χ2n) is 9.04. The average molecular weight is 561 g/mol. The number of carboxylic acid groups (broad SMARTS) is 1. The summed E-state index contributed by atoms with van der Waals surface area (Å²) in [4.78, 5) is 87.3. The van der Waals surface area contributed by atoms with Gasteiger partial charge in [-0.25, -0.2) is 4.79 Å². The standard InChI is InChI=1S/C24H32N8O8/c25-13(5-6-18(26)33)21(36)30-15(8-19(27)34)22(37)31-16(9-20(28)35)23(38)32-17(24(39)40)7-11-10-29-14-4-2-1-3-12(11)14/h1-4,10,13,15-17,29H,5-9,25H2,(H2,26,33)(H2,27,34)(H2,28,35)(H,30,36)(H,31,37)(H,32,38)(H,39,40). The molecule has 4 atom stereocenters. The van der Waals surface area contributed by atoms with Gasteiger partial charge in [0, 0.05) is 29.9 Å². The normalized spacial score (nSPS) is 13.8. The van der Waals surface area contributed by atoms with Crippen molar-refractivity contribution in [2.24, 2.45) is 22.9 Å². The molecule has 0 saturated carbocycles. The number of para-hydroxylation sites is 1. The molecule has 6 amide bonds. The predicted molar refractivity (Wildman–Crippen MR) is 139 cm³/mol. The number of fused-ring (bicyclic) bond motifs is 1. The van der Waals surface area contributed by atoms with Crippen LogP contribution in [0, 0.1) is 0 Å². The highest BCUT2D eigenvalue weighted by atomic mass is 16.4. The lowest BCUT2D eigenvalue weighted by molar-refractivity contribution is -0.142. The maximum Gasteiger partial charge on any atom is 0.326 e. The molecule has 0 radical (unpaired) electrons. The van der Waals surface area contributed by atoms with Gasteiger partial charge in [-0.2, -0.15) is 0 Å². The summed E-state index contributed by atoms with van der Waals surface area (Å²) in [6, 6.07) is 1.12. The fourth-order valence-corrected chi connectivity index (χ4v) is 3.79. The maximum atomic E-state index is 13.0. The van der Waals surface area contributed by atoms with Crippen molar-refractivity contribution in [3.05, 3.63) is 36.0 Å². The number of carbonyl (C=O) groups excluding carboxylic acids is 6. The van der Waals surface area contributed by atoms with E-state index in [4.69, 9.17) is 22.9 Å². The molecule has 2 rings (SSSR count). The molecule has 1 heterocycles. The van der Waals surface area contributed by atoms with Gasteiger partial charge in [-0.05, 0) is 18.1 Å². The van der Waals surface area contributed by atoms with Gasteiger partial charge in [-0.1, -0.05) is 18.2 Å². The summed E-state index contributed by atoms with van der Waals surface area (Å²) < 4.78 is 0. The molecular formula is C24H32N8O8. The number of hydrogen-bond acceptors (Lipinski definition) is 8. The topological polar surface area (TPSA) is 296 Å². The third-order valence-electron chi connectivity index (χ3n) is 5.83. The second kappa shape index (κ2) is 14.2. The number of carbonyl (C=O) groups is 7. The third-order valence-corrected chi connectivity index (χ3v) is 5.83. The molecule has 40 heavy (non-hydrogen) atoms. The number of nitrogens with one attached hydrogen (secondary N) is 4. The van der Waals surface area contributed by atoms with Crippen LogP contribution in [0.15, 0.2) is 30.5 Å². The van der Waals surface area contributed by atoms with Crippen LogP contribution in [0.3, 0.4) is 0 Å². The van der Waals surface area contributed by atoms with Gasteiger partial charge in [0.25, 0.3) is 0 Å². The first-order valence-corrected chi connectivity index (χ1v) is 12.1. The minimum Gasteiger partial charge on any atom is -0.480 e. The zero-order valence-corrected chi connectivity index (χ0v) is 21.3. The number of carboxylic acids is 1. The van der Waals surface area contributed by atoms with Crippen LogP contribution < -0.4 is 38.9 Å². The van der Waals surface area contributed by atoms with Crippen LogP contribution >= 0.6 is 0 Å². The number of rotatable bonds is 16. The molecular weight excluding hydrogens is 528 g/mol. The van der Waals surface area contributed by atoms with Crippen molar-refractivity contribution in [1.82, 2.24) is 20.9 Å². The Kier molecular flexibility index (Phi) is 11.1. The number of benzene rings is 1. The summed E-state index contributed by atoms with van der Waals surface area (Å²) in [5.41, 5.74) is 22.4. The van der Waals surface area contributed by atoms with Crippen molar-refractivity contribution in [2.75, 3.05) is 0 Å². The zero-order chi connectivity index (χ0) is 30.0. The molecule has 0 aliphatic heterocycles. The molecule has 1 aromatic heterocycles. The molecule has 0 aliphatic carbocycles. The lowest BCUT2D eigenvalue weighted by atomic mass is 10.0. The highest BCUT2D eigenvalue weighted by Crippen LogP contribution is 2.19. The van der Waals surface area contributed by atoms with E-state index in [0.717, 1.165) is 10.9 Å². The third kappa shape index (κ3) is 9.39. The SMILES string of the molecule is NC(=O)CCC(N)C(=O)NC(CC(N)=O)C(=O)NC(CC(N)=O)C(=O)NC(Cc1c[nH]c2ccccc12)C(=O)O. The van der Waals surface area contributed by atoms with E-state index in [1.54, 1.807) is 30.5 Å². The van der Waals surface area contributed by atoms with Crippen molar-refractivity contribution >= 4 is 52.3 Å². The molecule has 16 heteroatoms. The van der Waals surface area contributed by atoms with E-state index >= 15 is 0 Å². The molecule has 0 fully saturated rings. The lowest BCUT2D eigenvalue weighted by Crippen LogP contribution is -2.58. The van der Waals surface area contributed by atoms with Gasteiger partial charge >= 0.3 is 5.97 Å². The fraction of sp³-hybridized carbons (Fsp3) is 0.375. The van der Waals surface area contributed by atoms with Crippen molar-refractivity contribution in [2.45, 2.75) is 56.3 Å². The number of nitrogens with two attached hydrogens (primary N) is 4. The van der Waals surface area contributed by atoms with Crippen LogP contribution in [0.1, 0.15) is 31.2 Å². The van der Waals surface area contributed by atoms with Crippen LogP contribution in [0.2, 0.25) is 0 Å². The molecule has 0 saturated heterocycles. The summed E-state index contributed by atoms with van der Waals surface area (Å²) in [6.07, 6.45) is -0.334.